The SMILES string of the molecule is CCN(C)c1ccc(N=Nc2ccc([N+](=O)[O-])cc2C#N)c(C)c1. The van der Waals surface area contributed by atoms with Crippen molar-refractivity contribution in [1.82, 2.24) is 0 Å². The Labute approximate surface area is 140 Å². The van der Waals surface area contributed by atoms with Crippen LogP contribution in [-0.4, -0.2) is 18.5 Å². The summed E-state index contributed by atoms with van der Waals surface area (Å²) in [5.74, 6) is 0. The number of rotatable bonds is 5. The molecule has 0 heterocycles. The zero-order valence-electron chi connectivity index (χ0n) is 13.7. The number of nitrogens with zero attached hydrogens (tertiary/aromatic N) is 5. The molecule has 0 unspecified atom stereocenters. The molecular weight excluding hydrogens is 306 g/mol. The van der Waals surface area contributed by atoms with E-state index < -0.39 is 4.92 Å². The van der Waals surface area contributed by atoms with Gasteiger partial charge < -0.3 is 4.90 Å². The second-order valence-electron chi connectivity index (χ2n) is 5.26. The van der Waals surface area contributed by atoms with Gasteiger partial charge in [0.2, 0.25) is 0 Å². The van der Waals surface area contributed by atoms with Gasteiger partial charge in [0.1, 0.15) is 11.8 Å². The third kappa shape index (κ3) is 3.73. The van der Waals surface area contributed by atoms with Crippen LogP contribution in [0.5, 0.6) is 0 Å². The van der Waals surface area contributed by atoms with Gasteiger partial charge >= 0.3 is 0 Å². The van der Waals surface area contributed by atoms with E-state index in [1.807, 2.05) is 38.2 Å². The van der Waals surface area contributed by atoms with Crippen molar-refractivity contribution in [1.29, 1.82) is 5.26 Å². The van der Waals surface area contributed by atoms with Crippen molar-refractivity contribution >= 4 is 22.7 Å². The largest absolute Gasteiger partial charge is 0.375 e. The summed E-state index contributed by atoms with van der Waals surface area (Å²) in [6.45, 7) is 4.90. The van der Waals surface area contributed by atoms with Crippen LogP contribution in [0.4, 0.5) is 22.7 Å². The van der Waals surface area contributed by atoms with Crippen LogP contribution < -0.4 is 4.90 Å². The molecule has 0 atom stereocenters. The molecule has 7 heteroatoms. The monoisotopic (exact) mass is 323 g/mol. The molecule has 2 aromatic carbocycles. The van der Waals surface area contributed by atoms with Crippen molar-refractivity contribution in [2.45, 2.75) is 13.8 Å². The Morgan fingerprint density at radius 1 is 1.21 bits per heavy atom. The van der Waals surface area contributed by atoms with Gasteiger partial charge in [0.15, 0.2) is 0 Å². The number of azo groups is 1. The molecule has 7 nitrogen and oxygen atoms in total. The number of nitro benzene ring substituents is 1. The molecule has 0 N–H and O–H groups in total. The highest BCUT2D eigenvalue weighted by Gasteiger charge is 2.10. The van der Waals surface area contributed by atoms with Crippen LogP contribution in [0.2, 0.25) is 0 Å². The summed E-state index contributed by atoms with van der Waals surface area (Å²) in [7, 11) is 2.01. The van der Waals surface area contributed by atoms with E-state index in [2.05, 4.69) is 22.1 Å². The lowest BCUT2D eigenvalue weighted by molar-refractivity contribution is -0.384. The number of aryl methyl sites for hydroxylation is 1. The van der Waals surface area contributed by atoms with E-state index in [0.29, 0.717) is 11.4 Å². The van der Waals surface area contributed by atoms with Crippen LogP contribution in [0.15, 0.2) is 46.6 Å². The van der Waals surface area contributed by atoms with E-state index >= 15 is 0 Å². The first-order chi connectivity index (χ1) is 11.5. The zero-order chi connectivity index (χ0) is 17.7. The minimum Gasteiger partial charge on any atom is -0.375 e. The fourth-order valence-corrected chi connectivity index (χ4v) is 2.09. The Hall–Kier alpha value is -3.27. The molecule has 0 aliphatic carbocycles. The van der Waals surface area contributed by atoms with Gasteiger partial charge in [-0.05, 0) is 43.7 Å². The fourth-order valence-electron chi connectivity index (χ4n) is 2.09. The van der Waals surface area contributed by atoms with E-state index in [0.717, 1.165) is 17.8 Å². The molecule has 24 heavy (non-hydrogen) atoms. The molecule has 0 saturated heterocycles. The predicted molar refractivity (Wildman–Crippen MR) is 92.1 cm³/mol. The molecule has 0 radical (unpaired) electrons. The van der Waals surface area contributed by atoms with Crippen LogP contribution >= 0.6 is 0 Å². The molecule has 122 valence electrons. The fraction of sp³-hybridized carbons (Fsp3) is 0.235. The second kappa shape index (κ2) is 7.33. The van der Waals surface area contributed by atoms with E-state index in [1.54, 1.807) is 0 Å². The maximum Gasteiger partial charge on any atom is 0.270 e. The number of hydrogen-bond donors (Lipinski definition) is 0. The summed E-state index contributed by atoms with van der Waals surface area (Å²) in [6.07, 6.45) is 0. The summed E-state index contributed by atoms with van der Waals surface area (Å²) < 4.78 is 0. The smallest absolute Gasteiger partial charge is 0.270 e. The first-order valence-corrected chi connectivity index (χ1v) is 7.38. The van der Waals surface area contributed by atoms with Crippen LogP contribution in [-0.2, 0) is 0 Å². The van der Waals surface area contributed by atoms with Gasteiger partial charge in [-0.2, -0.15) is 10.4 Å². The highest BCUT2D eigenvalue weighted by Crippen LogP contribution is 2.28. The van der Waals surface area contributed by atoms with Gasteiger partial charge in [0, 0.05) is 31.4 Å². The molecule has 0 aliphatic rings. The van der Waals surface area contributed by atoms with Crippen molar-refractivity contribution in [2.24, 2.45) is 10.2 Å². The van der Waals surface area contributed by atoms with E-state index in [-0.39, 0.29) is 11.3 Å². The molecule has 0 saturated carbocycles. The first kappa shape index (κ1) is 17.1. The van der Waals surface area contributed by atoms with Gasteiger partial charge in [-0.1, -0.05) is 0 Å². The molecule has 0 aromatic heterocycles. The van der Waals surface area contributed by atoms with Crippen molar-refractivity contribution in [3.8, 4) is 6.07 Å². The Kier molecular flexibility index (Phi) is 5.22. The summed E-state index contributed by atoms with van der Waals surface area (Å²) >= 11 is 0. The number of anilines is 1. The summed E-state index contributed by atoms with van der Waals surface area (Å²) in [5.41, 5.74) is 3.00. The van der Waals surface area contributed by atoms with Gasteiger partial charge in [-0.25, -0.2) is 0 Å². The summed E-state index contributed by atoms with van der Waals surface area (Å²) in [4.78, 5) is 12.3. The van der Waals surface area contributed by atoms with Gasteiger partial charge in [0.25, 0.3) is 5.69 Å². The Morgan fingerprint density at radius 3 is 2.46 bits per heavy atom. The van der Waals surface area contributed by atoms with E-state index in [9.17, 15) is 10.1 Å². The maximum atomic E-state index is 10.8. The average molecular weight is 323 g/mol. The minimum absolute atomic E-state index is 0.118. The van der Waals surface area contributed by atoms with Gasteiger partial charge in [0.05, 0.1) is 16.2 Å². The van der Waals surface area contributed by atoms with Crippen molar-refractivity contribution in [3.05, 3.63) is 57.6 Å². The summed E-state index contributed by atoms with van der Waals surface area (Å²) in [5, 5.41) is 28.1. The molecular formula is C17H17N5O2. The topological polar surface area (TPSA) is 94.9 Å². The molecule has 0 bridgehead atoms. The highest BCUT2D eigenvalue weighted by molar-refractivity contribution is 5.59. The second-order valence-corrected chi connectivity index (χ2v) is 5.26. The number of non-ortho nitro benzene ring substituents is 1. The third-order valence-electron chi connectivity index (χ3n) is 3.67. The molecule has 2 rings (SSSR count). The number of benzene rings is 2. The lowest BCUT2D eigenvalue weighted by atomic mass is 10.1. The average Bonchev–Trinajstić information content (AvgIpc) is 2.59. The molecule has 0 amide bonds. The van der Waals surface area contributed by atoms with Crippen molar-refractivity contribution < 1.29 is 4.92 Å². The van der Waals surface area contributed by atoms with Crippen LogP contribution in [0.25, 0.3) is 0 Å². The standard InChI is InChI=1S/C17H17N5O2/c1-4-21(3)14-5-7-16(12(2)9-14)19-20-17-8-6-15(22(23)24)10-13(17)11-18/h5-10H,4H2,1-3H3. The molecule has 0 spiro atoms. The lowest BCUT2D eigenvalue weighted by Gasteiger charge is -2.17. The molecule has 0 fully saturated rings. The summed E-state index contributed by atoms with van der Waals surface area (Å²) in [6, 6.07) is 11.7. The lowest BCUT2D eigenvalue weighted by Crippen LogP contribution is -2.15. The van der Waals surface area contributed by atoms with E-state index in [1.165, 1.54) is 18.2 Å². The first-order valence-electron chi connectivity index (χ1n) is 7.38. The maximum absolute atomic E-state index is 10.8. The normalized spacial score (nSPS) is 10.6. The molecule has 2 aromatic rings. The minimum atomic E-state index is -0.547. The van der Waals surface area contributed by atoms with E-state index in [4.69, 9.17) is 5.26 Å². The number of nitriles is 1. The number of hydrogen-bond acceptors (Lipinski definition) is 6. The zero-order valence-corrected chi connectivity index (χ0v) is 13.7. The van der Waals surface area contributed by atoms with Crippen LogP contribution in [0, 0.1) is 28.4 Å². The predicted octanol–water partition coefficient (Wildman–Crippen LogP) is 4.65. The van der Waals surface area contributed by atoms with Gasteiger partial charge in [-0.3, -0.25) is 10.1 Å². The van der Waals surface area contributed by atoms with Crippen molar-refractivity contribution in [2.75, 3.05) is 18.5 Å². The third-order valence-corrected chi connectivity index (χ3v) is 3.67. The molecule has 0 aliphatic heterocycles. The van der Waals surface area contributed by atoms with Crippen molar-refractivity contribution in [3.63, 3.8) is 0 Å². The van der Waals surface area contributed by atoms with Gasteiger partial charge in [-0.15, -0.1) is 5.11 Å². The van der Waals surface area contributed by atoms with Crippen LogP contribution in [0.3, 0.4) is 0 Å². The quantitative estimate of drug-likeness (QED) is 0.454. The Bertz CT molecular complexity index is 839. The Morgan fingerprint density at radius 2 is 1.88 bits per heavy atom. The van der Waals surface area contributed by atoms with Crippen LogP contribution in [0.1, 0.15) is 18.1 Å². The number of nitro groups is 1. The Balaban J connectivity index is 2.31. The highest BCUT2D eigenvalue weighted by atomic mass is 16.6.